The number of carboxylic acids is 1. The molecule has 1 fully saturated rings. The molecule has 1 saturated heterocycles. The molecular formula is C30H29N5O4S. The van der Waals surface area contributed by atoms with Gasteiger partial charge in [0.2, 0.25) is 11.5 Å². The average molecular weight is 556 g/mol. The summed E-state index contributed by atoms with van der Waals surface area (Å²) in [4.78, 5) is 43.0. The highest BCUT2D eigenvalue weighted by atomic mass is 32.2. The van der Waals surface area contributed by atoms with Crippen molar-refractivity contribution in [2.75, 3.05) is 4.90 Å². The molecule has 40 heavy (non-hydrogen) atoms. The molecule has 0 radical (unpaired) electrons. The number of hydrogen-bond acceptors (Lipinski definition) is 6. The Morgan fingerprint density at radius 2 is 1.75 bits per heavy atom. The molecule has 0 saturated carbocycles. The first-order valence-corrected chi connectivity index (χ1v) is 13.8. The molecule has 0 aliphatic carbocycles. The van der Waals surface area contributed by atoms with Gasteiger partial charge in [-0.3, -0.25) is 9.59 Å². The third-order valence-electron chi connectivity index (χ3n) is 7.80. The summed E-state index contributed by atoms with van der Waals surface area (Å²) in [6.45, 7) is 5.70. The van der Waals surface area contributed by atoms with Gasteiger partial charge in [-0.1, -0.05) is 42.1 Å². The Balaban J connectivity index is 1.48. The van der Waals surface area contributed by atoms with E-state index in [4.69, 9.17) is 0 Å². The topological polar surface area (TPSA) is 101 Å². The van der Waals surface area contributed by atoms with Crippen LogP contribution < -0.4 is 10.5 Å². The molecule has 4 aromatic rings. The van der Waals surface area contributed by atoms with E-state index in [2.05, 4.69) is 5.10 Å². The van der Waals surface area contributed by atoms with Crippen molar-refractivity contribution in [1.82, 2.24) is 19.2 Å². The first kappa shape index (κ1) is 25.9. The molecule has 2 aliphatic rings. The summed E-state index contributed by atoms with van der Waals surface area (Å²) in [6.07, 6.45) is 5.35. The molecule has 4 heterocycles. The van der Waals surface area contributed by atoms with Crippen LogP contribution in [0.5, 0.6) is 0 Å². The van der Waals surface area contributed by atoms with Crippen LogP contribution in [0.4, 0.5) is 5.69 Å². The summed E-state index contributed by atoms with van der Waals surface area (Å²) < 4.78 is 3.27. The minimum Gasteiger partial charge on any atom is -0.479 e. The molecule has 3 atom stereocenters. The Morgan fingerprint density at radius 3 is 2.45 bits per heavy atom. The zero-order valence-corrected chi connectivity index (χ0v) is 23.4. The van der Waals surface area contributed by atoms with Crippen LogP contribution in [0.1, 0.15) is 32.4 Å². The SMILES string of the molecule is CC1=CN([C@H]2[C@H](c3ccccc3)N(c3ccc4c(cnn4-c4ccc(=O)n(C)c4)c3)C(=O)C2(C)C)C(C(=O)O)S1. The van der Waals surface area contributed by atoms with Gasteiger partial charge in [-0.15, -0.1) is 0 Å². The smallest absolute Gasteiger partial charge is 0.337 e. The molecule has 204 valence electrons. The van der Waals surface area contributed by atoms with Crippen molar-refractivity contribution in [2.24, 2.45) is 12.5 Å². The van der Waals surface area contributed by atoms with Crippen molar-refractivity contribution in [3.63, 3.8) is 0 Å². The van der Waals surface area contributed by atoms with Gasteiger partial charge in [-0.2, -0.15) is 5.10 Å². The van der Waals surface area contributed by atoms with E-state index in [1.807, 2.05) is 85.3 Å². The predicted octanol–water partition coefficient (Wildman–Crippen LogP) is 4.53. The van der Waals surface area contributed by atoms with Gasteiger partial charge in [0.25, 0.3) is 0 Å². The maximum Gasteiger partial charge on any atom is 0.337 e. The third kappa shape index (κ3) is 4.02. The fourth-order valence-corrected chi connectivity index (χ4v) is 6.87. The monoisotopic (exact) mass is 555 g/mol. The molecule has 1 N–H and O–H groups in total. The van der Waals surface area contributed by atoms with Crippen molar-refractivity contribution in [3.05, 3.63) is 100 Å². The molecule has 0 spiro atoms. The number of amides is 1. The van der Waals surface area contributed by atoms with Gasteiger partial charge in [0.1, 0.15) is 0 Å². The normalized spacial score (nSPS) is 22.2. The minimum atomic E-state index is -0.932. The van der Waals surface area contributed by atoms with Gasteiger partial charge in [0, 0.05) is 41.5 Å². The number of carbonyl (C=O) groups excluding carboxylic acids is 1. The fraction of sp³-hybridized carbons (Fsp3) is 0.267. The van der Waals surface area contributed by atoms with Crippen LogP contribution in [-0.4, -0.2) is 47.6 Å². The number of benzene rings is 2. The van der Waals surface area contributed by atoms with Crippen LogP contribution in [0.25, 0.3) is 16.6 Å². The lowest BCUT2D eigenvalue weighted by atomic mass is 9.81. The summed E-state index contributed by atoms with van der Waals surface area (Å²) in [5, 5.41) is 14.6. The van der Waals surface area contributed by atoms with E-state index in [1.165, 1.54) is 22.4 Å². The average Bonchev–Trinajstić information content (AvgIpc) is 3.58. The first-order chi connectivity index (χ1) is 19.1. The number of carbonyl (C=O) groups is 2. The number of carboxylic acid groups (broad SMARTS) is 1. The number of rotatable bonds is 5. The van der Waals surface area contributed by atoms with Gasteiger partial charge >= 0.3 is 5.97 Å². The number of hydrogen-bond donors (Lipinski definition) is 1. The van der Waals surface area contributed by atoms with Crippen LogP contribution in [0, 0.1) is 5.41 Å². The second kappa shape index (κ2) is 9.41. The standard InChI is InChI=1S/C30H29N5O4S/c1-18-16-33(27(40-18)28(37)38)26-25(19-8-6-5-7-9-19)34(29(39)30(26,2)3)21-10-12-23-20(14-21)15-31-35(23)22-11-13-24(36)32(4)17-22/h5-17,25-27H,1-4H3,(H,37,38)/t25-,26-,27?/m0/s1. The number of anilines is 1. The minimum absolute atomic E-state index is 0.0803. The Morgan fingerprint density at radius 1 is 1.02 bits per heavy atom. The zero-order valence-electron chi connectivity index (χ0n) is 22.6. The zero-order chi connectivity index (χ0) is 28.3. The largest absolute Gasteiger partial charge is 0.479 e. The second-order valence-corrected chi connectivity index (χ2v) is 12.2. The van der Waals surface area contributed by atoms with Gasteiger partial charge in [0.15, 0.2) is 5.37 Å². The highest BCUT2D eigenvalue weighted by molar-refractivity contribution is 8.04. The van der Waals surface area contributed by atoms with E-state index in [1.54, 1.807) is 30.2 Å². The van der Waals surface area contributed by atoms with Crippen molar-refractivity contribution < 1.29 is 14.7 Å². The van der Waals surface area contributed by atoms with Crippen molar-refractivity contribution in [2.45, 2.75) is 38.2 Å². The quantitative estimate of drug-likeness (QED) is 0.386. The van der Waals surface area contributed by atoms with Gasteiger partial charge in [-0.05, 0) is 50.6 Å². The maximum atomic E-state index is 14.2. The summed E-state index contributed by atoms with van der Waals surface area (Å²) in [6, 6.07) is 17.9. The Labute approximate surface area is 235 Å². The van der Waals surface area contributed by atoms with Crippen molar-refractivity contribution in [3.8, 4) is 5.69 Å². The molecule has 1 amide bonds. The predicted molar refractivity (Wildman–Crippen MR) is 155 cm³/mol. The van der Waals surface area contributed by atoms with Gasteiger partial charge in [0.05, 0.1) is 34.9 Å². The highest BCUT2D eigenvalue weighted by Gasteiger charge is 2.58. The van der Waals surface area contributed by atoms with E-state index in [9.17, 15) is 19.5 Å². The van der Waals surface area contributed by atoms with Crippen molar-refractivity contribution >= 4 is 40.2 Å². The lowest BCUT2D eigenvalue weighted by molar-refractivity contribution is -0.140. The number of aryl methyl sites for hydroxylation is 1. The molecule has 10 heteroatoms. The molecule has 2 aromatic carbocycles. The molecule has 0 bridgehead atoms. The van der Waals surface area contributed by atoms with Crippen LogP contribution in [0.3, 0.4) is 0 Å². The molecular weight excluding hydrogens is 526 g/mol. The molecule has 2 aliphatic heterocycles. The van der Waals surface area contributed by atoms with E-state index in [-0.39, 0.29) is 11.5 Å². The van der Waals surface area contributed by atoms with E-state index >= 15 is 0 Å². The van der Waals surface area contributed by atoms with Crippen LogP contribution in [-0.2, 0) is 16.6 Å². The molecule has 1 unspecified atom stereocenters. The van der Waals surface area contributed by atoms with Crippen molar-refractivity contribution in [1.29, 1.82) is 0 Å². The van der Waals surface area contributed by atoms with Gasteiger partial charge < -0.3 is 19.5 Å². The second-order valence-electron chi connectivity index (χ2n) is 10.8. The Kier molecular flexibility index (Phi) is 6.10. The van der Waals surface area contributed by atoms with Gasteiger partial charge in [-0.25, -0.2) is 9.48 Å². The lowest BCUT2D eigenvalue weighted by Crippen LogP contribution is -2.48. The number of aliphatic carboxylic acids is 1. The molecule has 2 aromatic heterocycles. The first-order valence-electron chi connectivity index (χ1n) is 13.0. The van der Waals surface area contributed by atoms with Crippen LogP contribution in [0.15, 0.2) is 89.0 Å². The number of aromatic nitrogens is 3. The Bertz CT molecular complexity index is 1740. The third-order valence-corrected chi connectivity index (χ3v) is 8.95. The fourth-order valence-electron chi connectivity index (χ4n) is 5.92. The number of pyridine rings is 1. The number of thioether (sulfide) groups is 1. The maximum absolute atomic E-state index is 14.2. The highest BCUT2D eigenvalue weighted by Crippen LogP contribution is 2.52. The summed E-state index contributed by atoms with van der Waals surface area (Å²) >= 11 is 1.29. The molecule has 9 nitrogen and oxygen atoms in total. The lowest BCUT2D eigenvalue weighted by Gasteiger charge is -2.39. The van der Waals surface area contributed by atoms with Crippen LogP contribution in [0.2, 0.25) is 0 Å². The number of fused-ring (bicyclic) bond motifs is 1. The summed E-state index contributed by atoms with van der Waals surface area (Å²) in [7, 11) is 1.70. The number of allylic oxidation sites excluding steroid dienone is 1. The summed E-state index contributed by atoms with van der Waals surface area (Å²) in [5.41, 5.74) is 2.23. The summed E-state index contributed by atoms with van der Waals surface area (Å²) in [5.74, 6) is -1.01. The van der Waals surface area contributed by atoms with E-state index in [0.29, 0.717) is 5.69 Å². The number of nitrogens with zero attached hydrogens (tertiary/aromatic N) is 5. The van der Waals surface area contributed by atoms with E-state index < -0.39 is 28.8 Å². The van der Waals surface area contributed by atoms with Crippen LogP contribution >= 0.6 is 11.8 Å². The molecule has 6 rings (SSSR count). The van der Waals surface area contributed by atoms with E-state index in [0.717, 1.165) is 27.1 Å². The Hall–Kier alpha value is -4.31.